The van der Waals surface area contributed by atoms with Gasteiger partial charge >= 0.3 is 0 Å². The molecule has 0 aromatic carbocycles. The number of pyridine rings is 1. The van der Waals surface area contributed by atoms with Gasteiger partial charge in [0.15, 0.2) is 5.78 Å². The van der Waals surface area contributed by atoms with E-state index in [-0.39, 0.29) is 17.3 Å². The molecule has 0 bridgehead atoms. The number of rotatable bonds is 0. The summed E-state index contributed by atoms with van der Waals surface area (Å²) in [6.45, 7) is 9.21. The highest BCUT2D eigenvalue weighted by molar-refractivity contribution is 6.06. The van der Waals surface area contributed by atoms with Crippen molar-refractivity contribution in [3.05, 3.63) is 34.7 Å². The van der Waals surface area contributed by atoms with Gasteiger partial charge in [-0.2, -0.15) is 0 Å². The second-order valence-electron chi connectivity index (χ2n) is 6.93. The van der Waals surface area contributed by atoms with E-state index in [1.54, 1.807) is 6.20 Å². The number of aryl methyl sites for hydroxylation is 1. The summed E-state index contributed by atoms with van der Waals surface area (Å²) in [4.78, 5) is 16.5. The van der Waals surface area contributed by atoms with Crippen LogP contribution in [-0.2, 0) is 4.74 Å². The SMILES string of the molecule is Cc1cncc2c1C1=C(CC2=O)CC(C(C)(C)C)OC1. The zero-order valence-corrected chi connectivity index (χ0v) is 12.6. The predicted molar refractivity (Wildman–Crippen MR) is 78.7 cm³/mol. The Bertz CT molecular complexity index is 608. The zero-order valence-electron chi connectivity index (χ0n) is 12.6. The largest absolute Gasteiger partial charge is 0.373 e. The Morgan fingerprint density at radius 3 is 2.75 bits per heavy atom. The molecule has 1 aromatic heterocycles. The van der Waals surface area contributed by atoms with Crippen LogP contribution in [0.4, 0.5) is 0 Å². The van der Waals surface area contributed by atoms with E-state index in [4.69, 9.17) is 4.74 Å². The van der Waals surface area contributed by atoms with E-state index in [0.717, 1.165) is 23.1 Å². The fourth-order valence-electron chi connectivity index (χ4n) is 3.14. The average Bonchev–Trinajstić information content (AvgIpc) is 2.37. The van der Waals surface area contributed by atoms with E-state index in [1.165, 1.54) is 11.1 Å². The van der Waals surface area contributed by atoms with Gasteiger partial charge in [-0.05, 0) is 35.5 Å². The van der Waals surface area contributed by atoms with E-state index < -0.39 is 0 Å². The molecule has 3 rings (SSSR count). The molecule has 0 fully saturated rings. The molecule has 0 spiro atoms. The first-order valence-corrected chi connectivity index (χ1v) is 7.18. The van der Waals surface area contributed by atoms with E-state index >= 15 is 0 Å². The Balaban J connectivity index is 2.06. The number of ether oxygens (including phenoxy) is 1. The lowest BCUT2D eigenvalue weighted by molar-refractivity contribution is -0.00750. The Hall–Kier alpha value is -1.48. The van der Waals surface area contributed by atoms with Crippen LogP contribution < -0.4 is 0 Å². The maximum absolute atomic E-state index is 12.3. The van der Waals surface area contributed by atoms with Crippen molar-refractivity contribution in [3.63, 3.8) is 0 Å². The molecule has 3 heteroatoms. The van der Waals surface area contributed by atoms with E-state index in [9.17, 15) is 4.79 Å². The van der Waals surface area contributed by atoms with Crippen LogP contribution in [-0.4, -0.2) is 23.5 Å². The summed E-state index contributed by atoms with van der Waals surface area (Å²) in [5, 5.41) is 0. The van der Waals surface area contributed by atoms with Gasteiger partial charge in [-0.1, -0.05) is 26.3 Å². The van der Waals surface area contributed by atoms with Crippen LogP contribution in [0.3, 0.4) is 0 Å². The van der Waals surface area contributed by atoms with Gasteiger partial charge in [0.25, 0.3) is 0 Å². The molecule has 20 heavy (non-hydrogen) atoms. The number of fused-ring (bicyclic) bond motifs is 2. The smallest absolute Gasteiger partial charge is 0.169 e. The Morgan fingerprint density at radius 1 is 1.30 bits per heavy atom. The highest BCUT2D eigenvalue weighted by Gasteiger charge is 2.35. The number of hydrogen-bond acceptors (Lipinski definition) is 3. The Kier molecular flexibility index (Phi) is 3.05. The molecule has 1 atom stereocenters. The summed E-state index contributed by atoms with van der Waals surface area (Å²) in [5.74, 6) is 0.199. The molecule has 2 heterocycles. The molecule has 2 aliphatic rings. The number of hydrogen-bond donors (Lipinski definition) is 0. The number of nitrogens with zero attached hydrogens (tertiary/aromatic N) is 1. The number of carbonyl (C=O) groups is 1. The van der Waals surface area contributed by atoms with Gasteiger partial charge < -0.3 is 4.74 Å². The second kappa shape index (κ2) is 4.52. The molecule has 0 amide bonds. The maximum Gasteiger partial charge on any atom is 0.169 e. The van der Waals surface area contributed by atoms with Crippen LogP contribution in [0.5, 0.6) is 0 Å². The lowest BCUT2D eigenvalue weighted by Gasteiger charge is -2.38. The molecule has 0 saturated carbocycles. The van der Waals surface area contributed by atoms with Crippen molar-refractivity contribution >= 4 is 11.4 Å². The molecule has 0 radical (unpaired) electrons. The predicted octanol–water partition coefficient (Wildman–Crippen LogP) is 3.57. The van der Waals surface area contributed by atoms with Gasteiger partial charge in [0.2, 0.25) is 0 Å². The van der Waals surface area contributed by atoms with Crippen LogP contribution in [0.2, 0.25) is 0 Å². The van der Waals surface area contributed by atoms with Crippen molar-refractivity contribution in [2.24, 2.45) is 5.41 Å². The van der Waals surface area contributed by atoms with Crippen molar-refractivity contribution < 1.29 is 9.53 Å². The first-order chi connectivity index (χ1) is 9.38. The normalized spacial score (nSPS) is 22.6. The van der Waals surface area contributed by atoms with Gasteiger partial charge in [-0.15, -0.1) is 0 Å². The zero-order chi connectivity index (χ0) is 14.5. The topological polar surface area (TPSA) is 39.2 Å². The highest BCUT2D eigenvalue weighted by atomic mass is 16.5. The highest BCUT2D eigenvalue weighted by Crippen LogP contribution is 2.41. The summed E-state index contributed by atoms with van der Waals surface area (Å²) >= 11 is 0. The van der Waals surface area contributed by atoms with Crippen LogP contribution >= 0.6 is 0 Å². The summed E-state index contributed by atoms with van der Waals surface area (Å²) in [6.07, 6.45) is 5.12. The van der Waals surface area contributed by atoms with Gasteiger partial charge in [-0.3, -0.25) is 9.78 Å². The van der Waals surface area contributed by atoms with E-state index in [0.29, 0.717) is 13.0 Å². The molecular formula is C17H21NO2. The van der Waals surface area contributed by atoms with Gasteiger partial charge in [0, 0.05) is 24.4 Å². The summed E-state index contributed by atoms with van der Waals surface area (Å²) in [6, 6.07) is 0. The fourth-order valence-corrected chi connectivity index (χ4v) is 3.14. The third-order valence-electron chi connectivity index (χ3n) is 4.36. The molecule has 3 nitrogen and oxygen atoms in total. The standard InChI is InChI=1S/C17H21NO2/c1-10-7-18-8-12-14(19)5-11-6-15(17(2,3)4)20-9-13(11)16(10)12/h7-8,15H,5-6,9H2,1-4H3. The van der Waals surface area contributed by atoms with Gasteiger partial charge in [-0.25, -0.2) is 0 Å². The minimum atomic E-state index is 0.106. The van der Waals surface area contributed by atoms with Crippen LogP contribution in [0.25, 0.3) is 5.57 Å². The molecular weight excluding hydrogens is 250 g/mol. The fraction of sp³-hybridized carbons (Fsp3) is 0.529. The van der Waals surface area contributed by atoms with Gasteiger partial charge in [0.05, 0.1) is 12.7 Å². The molecule has 0 N–H and O–H groups in total. The quantitative estimate of drug-likeness (QED) is 0.724. The van der Waals surface area contributed by atoms with Crippen molar-refractivity contribution in [1.82, 2.24) is 4.98 Å². The first-order valence-electron chi connectivity index (χ1n) is 7.18. The van der Waals surface area contributed by atoms with E-state index in [2.05, 4.69) is 25.8 Å². The lowest BCUT2D eigenvalue weighted by Crippen LogP contribution is -2.35. The summed E-state index contributed by atoms with van der Waals surface area (Å²) < 4.78 is 6.07. The number of Topliss-reactive ketones (excluding diaryl/α,β-unsaturated/α-hetero) is 1. The third-order valence-corrected chi connectivity index (χ3v) is 4.36. The van der Waals surface area contributed by atoms with Crippen molar-refractivity contribution in [1.29, 1.82) is 0 Å². The van der Waals surface area contributed by atoms with Crippen LogP contribution in [0.15, 0.2) is 18.0 Å². The van der Waals surface area contributed by atoms with E-state index in [1.807, 2.05) is 13.1 Å². The average molecular weight is 271 g/mol. The minimum Gasteiger partial charge on any atom is -0.373 e. The molecule has 106 valence electrons. The molecule has 1 aliphatic heterocycles. The molecule has 1 aromatic rings. The second-order valence-corrected chi connectivity index (χ2v) is 6.93. The summed E-state index contributed by atoms with van der Waals surface area (Å²) in [5.41, 5.74) is 5.50. The van der Waals surface area contributed by atoms with Crippen LogP contribution in [0.1, 0.15) is 55.1 Å². The van der Waals surface area contributed by atoms with Crippen molar-refractivity contribution in [2.75, 3.05) is 6.61 Å². The molecule has 1 aliphatic carbocycles. The molecule has 1 unspecified atom stereocenters. The van der Waals surface area contributed by atoms with Crippen molar-refractivity contribution in [3.8, 4) is 0 Å². The Morgan fingerprint density at radius 2 is 2.05 bits per heavy atom. The molecule has 0 saturated heterocycles. The Labute approximate surface area is 120 Å². The lowest BCUT2D eigenvalue weighted by atomic mass is 9.76. The van der Waals surface area contributed by atoms with Crippen LogP contribution in [0, 0.1) is 12.3 Å². The monoisotopic (exact) mass is 271 g/mol. The summed E-state index contributed by atoms with van der Waals surface area (Å²) in [7, 11) is 0. The minimum absolute atomic E-state index is 0.106. The third kappa shape index (κ3) is 2.10. The maximum atomic E-state index is 12.3. The van der Waals surface area contributed by atoms with Gasteiger partial charge in [0.1, 0.15) is 0 Å². The number of carbonyl (C=O) groups excluding carboxylic acids is 1. The van der Waals surface area contributed by atoms with Crippen molar-refractivity contribution in [2.45, 2.75) is 46.6 Å². The number of ketones is 1. The first kappa shape index (κ1) is 13.5. The number of aromatic nitrogens is 1.